The van der Waals surface area contributed by atoms with Gasteiger partial charge in [0.15, 0.2) is 0 Å². The van der Waals surface area contributed by atoms with Gasteiger partial charge in [0.25, 0.3) is 0 Å². The molecule has 0 atom stereocenters. The minimum atomic E-state index is -0.294. The van der Waals surface area contributed by atoms with Crippen molar-refractivity contribution >= 4 is 11.5 Å². The van der Waals surface area contributed by atoms with E-state index in [2.05, 4.69) is 16.5 Å². The van der Waals surface area contributed by atoms with E-state index in [9.17, 15) is 4.39 Å². The van der Waals surface area contributed by atoms with E-state index >= 15 is 0 Å². The third kappa shape index (κ3) is 2.11. The molecular formula is C12H11FN4. The monoisotopic (exact) mass is 230 g/mol. The molecule has 0 bridgehead atoms. The summed E-state index contributed by atoms with van der Waals surface area (Å²) in [6.07, 6.45) is 0. The highest BCUT2D eigenvalue weighted by molar-refractivity contribution is 5.64. The number of nitrogens with zero attached hydrogens (tertiary/aromatic N) is 3. The number of rotatable bonds is 2. The highest BCUT2D eigenvalue weighted by Gasteiger charge is 2.12. The van der Waals surface area contributed by atoms with Crippen LogP contribution in [0.5, 0.6) is 0 Å². The van der Waals surface area contributed by atoms with Gasteiger partial charge in [-0.05, 0) is 31.2 Å². The van der Waals surface area contributed by atoms with Crippen LogP contribution in [0, 0.1) is 24.1 Å². The standard InChI is InChI=1S/C12H11FN4/c1-8-11(7-14)12(17(2)16-8)15-10-5-3-9(13)4-6-10/h3-6,15H,1-2H3. The molecule has 0 spiro atoms. The van der Waals surface area contributed by atoms with Crippen molar-refractivity contribution in [2.75, 3.05) is 5.32 Å². The number of halogens is 1. The molecule has 0 saturated heterocycles. The van der Waals surface area contributed by atoms with Crippen molar-refractivity contribution in [1.82, 2.24) is 9.78 Å². The first kappa shape index (κ1) is 11.1. The molecule has 0 radical (unpaired) electrons. The number of aryl methyl sites for hydroxylation is 2. The van der Waals surface area contributed by atoms with Gasteiger partial charge >= 0.3 is 0 Å². The minimum absolute atomic E-state index is 0.294. The number of hydrogen-bond acceptors (Lipinski definition) is 3. The highest BCUT2D eigenvalue weighted by Crippen LogP contribution is 2.22. The predicted octanol–water partition coefficient (Wildman–Crippen LogP) is 2.48. The molecule has 1 aromatic heterocycles. The van der Waals surface area contributed by atoms with E-state index in [1.807, 2.05) is 0 Å². The molecule has 0 unspecified atom stereocenters. The molecule has 2 rings (SSSR count). The van der Waals surface area contributed by atoms with Crippen molar-refractivity contribution < 1.29 is 4.39 Å². The second kappa shape index (κ2) is 4.26. The van der Waals surface area contributed by atoms with E-state index in [4.69, 9.17) is 5.26 Å². The van der Waals surface area contributed by atoms with Crippen LogP contribution in [-0.4, -0.2) is 9.78 Å². The lowest BCUT2D eigenvalue weighted by Crippen LogP contribution is -2.00. The Morgan fingerprint density at radius 3 is 2.59 bits per heavy atom. The summed E-state index contributed by atoms with van der Waals surface area (Å²) in [6.45, 7) is 1.77. The van der Waals surface area contributed by atoms with Crippen LogP contribution >= 0.6 is 0 Å². The van der Waals surface area contributed by atoms with Crippen LogP contribution in [0.2, 0.25) is 0 Å². The Balaban J connectivity index is 2.36. The lowest BCUT2D eigenvalue weighted by atomic mass is 10.2. The molecule has 5 heteroatoms. The SMILES string of the molecule is Cc1nn(C)c(Nc2ccc(F)cc2)c1C#N. The van der Waals surface area contributed by atoms with Gasteiger partial charge in [-0.1, -0.05) is 0 Å². The first-order valence-corrected chi connectivity index (χ1v) is 5.08. The van der Waals surface area contributed by atoms with Crippen LogP contribution in [0.15, 0.2) is 24.3 Å². The van der Waals surface area contributed by atoms with Gasteiger partial charge in [-0.2, -0.15) is 10.4 Å². The number of anilines is 2. The van der Waals surface area contributed by atoms with E-state index in [-0.39, 0.29) is 5.82 Å². The maximum Gasteiger partial charge on any atom is 0.146 e. The third-order valence-electron chi connectivity index (χ3n) is 2.44. The van der Waals surface area contributed by atoms with Crippen LogP contribution in [0.1, 0.15) is 11.3 Å². The maximum atomic E-state index is 12.8. The van der Waals surface area contributed by atoms with Crippen molar-refractivity contribution in [3.05, 3.63) is 41.3 Å². The van der Waals surface area contributed by atoms with Gasteiger partial charge in [0.2, 0.25) is 0 Å². The predicted molar refractivity (Wildman–Crippen MR) is 62.3 cm³/mol. The Bertz CT molecular complexity index is 578. The zero-order chi connectivity index (χ0) is 12.4. The van der Waals surface area contributed by atoms with Crippen LogP contribution in [-0.2, 0) is 7.05 Å². The first-order chi connectivity index (χ1) is 8.11. The fourth-order valence-electron chi connectivity index (χ4n) is 1.61. The second-order valence-corrected chi connectivity index (χ2v) is 3.68. The van der Waals surface area contributed by atoms with Crippen LogP contribution in [0.3, 0.4) is 0 Å². The molecule has 17 heavy (non-hydrogen) atoms. The van der Waals surface area contributed by atoms with Crippen molar-refractivity contribution in [1.29, 1.82) is 5.26 Å². The normalized spacial score (nSPS) is 10.0. The number of hydrogen-bond donors (Lipinski definition) is 1. The maximum absolute atomic E-state index is 12.8. The molecule has 0 aliphatic rings. The molecule has 2 aromatic rings. The quantitative estimate of drug-likeness (QED) is 0.862. The summed E-state index contributed by atoms with van der Waals surface area (Å²) in [5.74, 6) is 0.314. The molecule has 0 saturated carbocycles. The average Bonchev–Trinajstić information content (AvgIpc) is 2.57. The Hall–Kier alpha value is -2.35. The zero-order valence-corrected chi connectivity index (χ0v) is 9.53. The second-order valence-electron chi connectivity index (χ2n) is 3.68. The Morgan fingerprint density at radius 2 is 2.00 bits per heavy atom. The van der Waals surface area contributed by atoms with Gasteiger partial charge in [-0.15, -0.1) is 0 Å². The topological polar surface area (TPSA) is 53.6 Å². The van der Waals surface area contributed by atoms with Gasteiger partial charge < -0.3 is 5.32 Å². The fraction of sp³-hybridized carbons (Fsp3) is 0.167. The van der Waals surface area contributed by atoms with Crippen LogP contribution in [0.25, 0.3) is 0 Å². The smallest absolute Gasteiger partial charge is 0.146 e. The van der Waals surface area contributed by atoms with Gasteiger partial charge in [0.1, 0.15) is 23.3 Å². The largest absolute Gasteiger partial charge is 0.339 e. The number of benzene rings is 1. The number of aromatic nitrogens is 2. The lowest BCUT2D eigenvalue weighted by Gasteiger charge is -2.06. The fourth-order valence-corrected chi connectivity index (χ4v) is 1.61. The van der Waals surface area contributed by atoms with E-state index in [1.54, 1.807) is 30.8 Å². The number of nitriles is 1. The van der Waals surface area contributed by atoms with Gasteiger partial charge in [-0.25, -0.2) is 4.39 Å². The van der Waals surface area contributed by atoms with E-state index in [0.717, 1.165) is 0 Å². The van der Waals surface area contributed by atoms with Crippen molar-refractivity contribution in [3.8, 4) is 6.07 Å². The summed E-state index contributed by atoms with van der Waals surface area (Å²) in [5, 5.41) is 16.2. The molecule has 4 nitrogen and oxygen atoms in total. The highest BCUT2D eigenvalue weighted by atomic mass is 19.1. The summed E-state index contributed by atoms with van der Waals surface area (Å²) >= 11 is 0. The molecule has 0 fully saturated rings. The summed E-state index contributed by atoms with van der Waals surface area (Å²) in [5.41, 5.74) is 1.88. The van der Waals surface area contributed by atoms with Crippen molar-refractivity contribution in [2.24, 2.45) is 7.05 Å². The summed E-state index contributed by atoms with van der Waals surface area (Å²) in [7, 11) is 1.75. The third-order valence-corrected chi connectivity index (χ3v) is 2.44. The molecular weight excluding hydrogens is 219 g/mol. The van der Waals surface area contributed by atoms with E-state index in [1.165, 1.54) is 12.1 Å². The first-order valence-electron chi connectivity index (χ1n) is 5.08. The Kier molecular flexibility index (Phi) is 2.79. The molecule has 1 heterocycles. The van der Waals surface area contributed by atoms with Crippen molar-refractivity contribution in [2.45, 2.75) is 6.92 Å². The molecule has 86 valence electrons. The molecule has 1 N–H and O–H groups in total. The molecule has 0 aliphatic carbocycles. The minimum Gasteiger partial charge on any atom is -0.339 e. The van der Waals surface area contributed by atoms with E-state index < -0.39 is 0 Å². The van der Waals surface area contributed by atoms with Gasteiger partial charge in [-0.3, -0.25) is 4.68 Å². The molecule has 0 aliphatic heterocycles. The zero-order valence-electron chi connectivity index (χ0n) is 9.53. The van der Waals surface area contributed by atoms with Gasteiger partial charge in [0.05, 0.1) is 5.69 Å². The summed E-state index contributed by atoms with van der Waals surface area (Å²) in [4.78, 5) is 0. The molecule has 0 amide bonds. The van der Waals surface area contributed by atoms with Crippen LogP contribution in [0.4, 0.5) is 15.9 Å². The van der Waals surface area contributed by atoms with Crippen molar-refractivity contribution in [3.63, 3.8) is 0 Å². The Morgan fingerprint density at radius 1 is 1.35 bits per heavy atom. The number of nitrogens with one attached hydrogen (secondary N) is 1. The molecule has 1 aromatic carbocycles. The summed E-state index contributed by atoms with van der Waals surface area (Å²) in [6, 6.07) is 8.03. The average molecular weight is 230 g/mol. The van der Waals surface area contributed by atoms with E-state index in [0.29, 0.717) is 22.8 Å². The lowest BCUT2D eigenvalue weighted by molar-refractivity contribution is 0.628. The van der Waals surface area contributed by atoms with Gasteiger partial charge in [0, 0.05) is 12.7 Å². The summed E-state index contributed by atoms with van der Waals surface area (Å²) < 4.78 is 14.4. The van der Waals surface area contributed by atoms with Crippen LogP contribution < -0.4 is 5.32 Å². The Labute approximate surface area is 98.3 Å².